The third-order valence-corrected chi connectivity index (χ3v) is 3.19. The first-order valence-corrected chi connectivity index (χ1v) is 5.30. The molecule has 80 valence electrons. The summed E-state index contributed by atoms with van der Waals surface area (Å²) in [6.07, 6.45) is 1.20. The zero-order valence-electron chi connectivity index (χ0n) is 9.81. The Balaban J connectivity index is 4.07. The van der Waals surface area contributed by atoms with E-state index in [1.165, 1.54) is 6.42 Å². The van der Waals surface area contributed by atoms with Crippen LogP contribution in [0.2, 0.25) is 0 Å². The quantitative estimate of drug-likeness (QED) is 0.660. The van der Waals surface area contributed by atoms with Crippen molar-refractivity contribution < 1.29 is 4.74 Å². The van der Waals surface area contributed by atoms with Crippen LogP contribution < -0.4 is 5.32 Å². The van der Waals surface area contributed by atoms with E-state index < -0.39 is 0 Å². The molecule has 1 N–H and O–H groups in total. The Morgan fingerprint density at radius 1 is 1.38 bits per heavy atom. The lowest BCUT2D eigenvalue weighted by atomic mass is 9.76. The Kier molecular flexibility index (Phi) is 6.35. The predicted octanol–water partition coefficient (Wildman–Crippen LogP) is 2.29. The summed E-state index contributed by atoms with van der Waals surface area (Å²) < 4.78 is 5.20. The molecule has 0 spiro atoms. The lowest BCUT2D eigenvalue weighted by molar-refractivity contribution is 0.0776. The van der Waals surface area contributed by atoms with Crippen LogP contribution in [0.15, 0.2) is 0 Å². The predicted molar refractivity (Wildman–Crippen MR) is 58.0 cm³/mol. The van der Waals surface area contributed by atoms with Crippen LogP contribution >= 0.6 is 0 Å². The SMILES string of the molecule is CCNCC(C)(CC)C(C)COC. The van der Waals surface area contributed by atoms with E-state index in [0.29, 0.717) is 11.3 Å². The molecule has 0 heterocycles. The van der Waals surface area contributed by atoms with Crippen molar-refractivity contribution in [2.45, 2.75) is 34.1 Å². The summed E-state index contributed by atoms with van der Waals surface area (Å²) in [5.41, 5.74) is 0.367. The molecule has 13 heavy (non-hydrogen) atoms. The second kappa shape index (κ2) is 6.39. The van der Waals surface area contributed by atoms with Crippen LogP contribution in [0.1, 0.15) is 34.1 Å². The van der Waals surface area contributed by atoms with Gasteiger partial charge in [-0.3, -0.25) is 0 Å². The zero-order chi connectivity index (χ0) is 10.3. The highest BCUT2D eigenvalue weighted by Gasteiger charge is 2.28. The minimum absolute atomic E-state index is 0.367. The van der Waals surface area contributed by atoms with Crippen molar-refractivity contribution >= 4 is 0 Å². The van der Waals surface area contributed by atoms with Gasteiger partial charge in [0.1, 0.15) is 0 Å². The molecule has 2 atom stereocenters. The summed E-state index contributed by atoms with van der Waals surface area (Å²) in [4.78, 5) is 0. The fourth-order valence-corrected chi connectivity index (χ4v) is 1.51. The lowest BCUT2D eigenvalue weighted by Crippen LogP contribution is -2.38. The maximum absolute atomic E-state index is 5.20. The van der Waals surface area contributed by atoms with Gasteiger partial charge in [0.2, 0.25) is 0 Å². The van der Waals surface area contributed by atoms with Crippen LogP contribution in [0.4, 0.5) is 0 Å². The Bertz CT molecular complexity index is 127. The number of nitrogens with one attached hydrogen (secondary N) is 1. The number of methoxy groups -OCH3 is 1. The van der Waals surface area contributed by atoms with Crippen molar-refractivity contribution in [3.8, 4) is 0 Å². The van der Waals surface area contributed by atoms with E-state index in [9.17, 15) is 0 Å². The molecule has 0 aliphatic heterocycles. The Morgan fingerprint density at radius 3 is 2.38 bits per heavy atom. The van der Waals surface area contributed by atoms with Gasteiger partial charge < -0.3 is 10.1 Å². The largest absolute Gasteiger partial charge is 0.384 e. The second-order valence-corrected chi connectivity index (χ2v) is 4.14. The number of rotatable bonds is 7. The smallest absolute Gasteiger partial charge is 0.0493 e. The van der Waals surface area contributed by atoms with Crippen molar-refractivity contribution in [1.29, 1.82) is 0 Å². The van der Waals surface area contributed by atoms with Crippen molar-refractivity contribution in [3.05, 3.63) is 0 Å². The topological polar surface area (TPSA) is 21.3 Å². The van der Waals surface area contributed by atoms with E-state index in [0.717, 1.165) is 19.7 Å². The monoisotopic (exact) mass is 187 g/mol. The van der Waals surface area contributed by atoms with E-state index in [4.69, 9.17) is 4.74 Å². The van der Waals surface area contributed by atoms with Crippen LogP contribution in [0.25, 0.3) is 0 Å². The van der Waals surface area contributed by atoms with Gasteiger partial charge in [0.15, 0.2) is 0 Å². The number of ether oxygens (including phenoxy) is 1. The summed E-state index contributed by atoms with van der Waals surface area (Å²) in [6, 6.07) is 0. The average molecular weight is 187 g/mol. The molecule has 0 bridgehead atoms. The molecule has 0 radical (unpaired) electrons. The fraction of sp³-hybridized carbons (Fsp3) is 1.00. The van der Waals surface area contributed by atoms with E-state index in [2.05, 4.69) is 33.0 Å². The van der Waals surface area contributed by atoms with Gasteiger partial charge in [0.25, 0.3) is 0 Å². The first-order valence-electron chi connectivity index (χ1n) is 5.30. The second-order valence-electron chi connectivity index (χ2n) is 4.14. The first kappa shape index (κ1) is 12.9. The number of hydrogen-bond acceptors (Lipinski definition) is 2. The molecule has 2 unspecified atom stereocenters. The molecule has 2 heteroatoms. The van der Waals surface area contributed by atoms with Crippen LogP contribution in [0.3, 0.4) is 0 Å². The van der Waals surface area contributed by atoms with Crippen LogP contribution in [0, 0.1) is 11.3 Å². The van der Waals surface area contributed by atoms with Crippen molar-refractivity contribution in [3.63, 3.8) is 0 Å². The van der Waals surface area contributed by atoms with Crippen molar-refractivity contribution in [2.24, 2.45) is 11.3 Å². The minimum Gasteiger partial charge on any atom is -0.384 e. The third-order valence-electron chi connectivity index (χ3n) is 3.19. The van der Waals surface area contributed by atoms with Gasteiger partial charge in [0, 0.05) is 20.3 Å². The molecule has 0 aromatic rings. The van der Waals surface area contributed by atoms with Gasteiger partial charge in [-0.05, 0) is 24.3 Å². The van der Waals surface area contributed by atoms with Crippen LogP contribution in [-0.4, -0.2) is 26.8 Å². The molecular formula is C11H25NO. The zero-order valence-corrected chi connectivity index (χ0v) is 9.81. The molecule has 2 nitrogen and oxygen atoms in total. The molecule has 0 saturated carbocycles. The Morgan fingerprint density at radius 2 is 2.00 bits per heavy atom. The summed E-state index contributed by atoms with van der Waals surface area (Å²) >= 11 is 0. The fourth-order valence-electron chi connectivity index (χ4n) is 1.51. The lowest BCUT2D eigenvalue weighted by Gasteiger charge is -2.34. The van der Waals surface area contributed by atoms with E-state index >= 15 is 0 Å². The van der Waals surface area contributed by atoms with Gasteiger partial charge in [0.05, 0.1) is 0 Å². The molecule has 0 aliphatic carbocycles. The third kappa shape index (κ3) is 4.10. The van der Waals surface area contributed by atoms with Gasteiger partial charge >= 0.3 is 0 Å². The molecule has 0 aliphatic rings. The molecule has 0 aromatic heterocycles. The van der Waals surface area contributed by atoms with E-state index in [1.807, 2.05) is 0 Å². The Hall–Kier alpha value is -0.0800. The average Bonchev–Trinajstić information content (AvgIpc) is 2.14. The van der Waals surface area contributed by atoms with Gasteiger partial charge in [-0.2, -0.15) is 0 Å². The van der Waals surface area contributed by atoms with Crippen molar-refractivity contribution in [1.82, 2.24) is 5.32 Å². The summed E-state index contributed by atoms with van der Waals surface area (Å²) in [5, 5.41) is 3.42. The van der Waals surface area contributed by atoms with Crippen LogP contribution in [0.5, 0.6) is 0 Å². The maximum Gasteiger partial charge on any atom is 0.0493 e. The minimum atomic E-state index is 0.367. The normalized spacial score (nSPS) is 18.2. The summed E-state index contributed by atoms with van der Waals surface area (Å²) in [5.74, 6) is 0.613. The van der Waals surface area contributed by atoms with E-state index in [-0.39, 0.29) is 0 Å². The molecule has 0 saturated heterocycles. The molecule has 0 fully saturated rings. The standard InChI is InChI=1S/C11H25NO/c1-6-11(4,9-12-7-2)10(3)8-13-5/h10,12H,6-9H2,1-5H3. The van der Waals surface area contributed by atoms with Gasteiger partial charge in [-0.25, -0.2) is 0 Å². The maximum atomic E-state index is 5.20. The highest BCUT2D eigenvalue weighted by Crippen LogP contribution is 2.30. The molecule has 0 rings (SSSR count). The highest BCUT2D eigenvalue weighted by atomic mass is 16.5. The van der Waals surface area contributed by atoms with E-state index in [1.54, 1.807) is 7.11 Å². The Labute approximate surface area is 83.1 Å². The molecular weight excluding hydrogens is 162 g/mol. The van der Waals surface area contributed by atoms with Gasteiger partial charge in [-0.15, -0.1) is 0 Å². The van der Waals surface area contributed by atoms with Crippen molar-refractivity contribution in [2.75, 3.05) is 26.8 Å². The first-order chi connectivity index (χ1) is 6.10. The molecule has 0 amide bonds. The highest BCUT2D eigenvalue weighted by molar-refractivity contribution is 4.80. The molecule has 0 aromatic carbocycles. The summed E-state index contributed by atoms with van der Waals surface area (Å²) in [7, 11) is 1.78. The summed E-state index contributed by atoms with van der Waals surface area (Å²) in [6.45, 7) is 12.0. The van der Waals surface area contributed by atoms with Gasteiger partial charge in [-0.1, -0.05) is 27.7 Å². The van der Waals surface area contributed by atoms with Crippen LogP contribution in [-0.2, 0) is 4.74 Å². The number of hydrogen-bond donors (Lipinski definition) is 1.